The van der Waals surface area contributed by atoms with Crippen LogP contribution in [0, 0.1) is 5.82 Å². The highest BCUT2D eigenvalue weighted by atomic mass is 19.1. The number of hydrogen-bond acceptors (Lipinski definition) is 7. The first-order valence-electron chi connectivity index (χ1n) is 15.8. The molecule has 1 aliphatic rings. The van der Waals surface area contributed by atoms with Crippen LogP contribution in [0.3, 0.4) is 0 Å². The van der Waals surface area contributed by atoms with Gasteiger partial charge in [0.05, 0.1) is 22.9 Å². The van der Waals surface area contributed by atoms with Crippen LogP contribution < -0.4 is 9.47 Å². The van der Waals surface area contributed by atoms with Crippen LogP contribution in [0.25, 0.3) is 55.8 Å². The van der Waals surface area contributed by atoms with Crippen molar-refractivity contribution in [2.75, 3.05) is 26.2 Å². The molecular formula is C37H32FN7O2. The van der Waals surface area contributed by atoms with E-state index in [1.807, 2.05) is 66.9 Å². The highest BCUT2D eigenvalue weighted by Crippen LogP contribution is 2.34. The van der Waals surface area contributed by atoms with Crippen LogP contribution in [0.5, 0.6) is 11.5 Å². The fraction of sp³-hybridized carbons (Fsp3) is 0.189. The van der Waals surface area contributed by atoms with E-state index < -0.39 is 0 Å². The van der Waals surface area contributed by atoms with Gasteiger partial charge in [-0.3, -0.25) is 20.0 Å². The summed E-state index contributed by atoms with van der Waals surface area (Å²) in [6.45, 7) is 3.97. The van der Waals surface area contributed by atoms with Gasteiger partial charge >= 0.3 is 0 Å². The van der Waals surface area contributed by atoms with Crippen molar-refractivity contribution in [1.82, 2.24) is 35.0 Å². The van der Waals surface area contributed by atoms with Gasteiger partial charge in [0.15, 0.2) is 5.82 Å². The third kappa shape index (κ3) is 6.15. The molecule has 4 aromatic heterocycles. The Morgan fingerprint density at radius 1 is 0.787 bits per heavy atom. The van der Waals surface area contributed by atoms with Gasteiger partial charge in [0, 0.05) is 41.5 Å². The molecule has 2 N–H and O–H groups in total. The maximum Gasteiger partial charge on any atom is 0.159 e. The van der Waals surface area contributed by atoms with Gasteiger partial charge in [0.1, 0.15) is 41.7 Å². The van der Waals surface area contributed by atoms with Crippen molar-refractivity contribution in [3.8, 4) is 45.4 Å². The molecule has 234 valence electrons. The van der Waals surface area contributed by atoms with E-state index in [4.69, 9.17) is 14.5 Å². The summed E-state index contributed by atoms with van der Waals surface area (Å²) in [4.78, 5) is 19.7. The number of benzene rings is 3. The lowest BCUT2D eigenvalue weighted by molar-refractivity contribution is 0.237. The second-order valence-corrected chi connectivity index (χ2v) is 11.7. The van der Waals surface area contributed by atoms with Crippen LogP contribution >= 0.6 is 0 Å². The number of halogens is 1. The first kappa shape index (κ1) is 28.8. The van der Waals surface area contributed by atoms with E-state index in [1.165, 1.54) is 25.0 Å². The van der Waals surface area contributed by atoms with E-state index in [9.17, 15) is 4.39 Å². The number of imidazole rings is 1. The number of pyridine rings is 2. The summed E-state index contributed by atoms with van der Waals surface area (Å²) in [7, 11) is 0. The number of hydrogen-bond donors (Lipinski definition) is 2. The molecule has 0 atom stereocenters. The first-order chi connectivity index (χ1) is 23.2. The van der Waals surface area contributed by atoms with E-state index >= 15 is 0 Å². The SMILES string of the molecule is Fc1cc(OCCN2CCCC2)cc(-c2nccc3[nH]c(-c4n[nH]c5ccc(-c6cncc(OCc7ccccc7)c6)cc45)nc23)c1. The summed E-state index contributed by atoms with van der Waals surface area (Å²) < 4.78 is 26.8. The van der Waals surface area contributed by atoms with E-state index in [0.29, 0.717) is 53.0 Å². The summed E-state index contributed by atoms with van der Waals surface area (Å²) in [5, 5.41) is 8.63. The highest BCUT2D eigenvalue weighted by Gasteiger charge is 2.18. The summed E-state index contributed by atoms with van der Waals surface area (Å²) in [5.74, 6) is 1.36. The van der Waals surface area contributed by atoms with Gasteiger partial charge < -0.3 is 14.5 Å². The molecular weight excluding hydrogens is 593 g/mol. The third-order valence-corrected chi connectivity index (χ3v) is 8.50. The predicted molar refractivity (Wildman–Crippen MR) is 180 cm³/mol. The molecule has 47 heavy (non-hydrogen) atoms. The molecule has 0 unspecified atom stereocenters. The molecule has 5 heterocycles. The van der Waals surface area contributed by atoms with E-state index in [0.717, 1.165) is 52.7 Å². The highest BCUT2D eigenvalue weighted by molar-refractivity contribution is 5.97. The average Bonchev–Trinajstić information content (AvgIpc) is 3.87. The predicted octanol–water partition coefficient (Wildman–Crippen LogP) is 7.42. The van der Waals surface area contributed by atoms with Crippen molar-refractivity contribution in [3.05, 3.63) is 109 Å². The fourth-order valence-electron chi connectivity index (χ4n) is 6.11. The Morgan fingerprint density at radius 3 is 2.55 bits per heavy atom. The lowest BCUT2D eigenvalue weighted by Gasteiger charge is -2.15. The smallest absolute Gasteiger partial charge is 0.159 e. The van der Waals surface area contributed by atoms with Gasteiger partial charge in [0.2, 0.25) is 0 Å². The molecule has 1 fully saturated rings. The standard InChI is InChI=1S/C37H32FN7O2/c38-28-16-26(17-29(20-28)46-15-14-45-12-4-5-13-45)34-36-33(10-11-40-34)41-37(42-36)35-31-19-25(8-9-32(31)43-44-35)27-18-30(22-39-21-27)47-23-24-6-2-1-3-7-24/h1-3,6-11,16-22H,4-5,12-15,23H2,(H,41,42)(H,43,44). The van der Waals surface area contributed by atoms with Crippen LogP contribution in [0.15, 0.2) is 97.5 Å². The number of fused-ring (bicyclic) bond motifs is 2. The van der Waals surface area contributed by atoms with Gasteiger partial charge in [-0.1, -0.05) is 36.4 Å². The molecule has 1 aliphatic heterocycles. The summed E-state index contributed by atoms with van der Waals surface area (Å²) in [6, 6.07) is 24.7. The number of rotatable bonds is 10. The molecule has 9 nitrogen and oxygen atoms in total. The Kier molecular flexibility index (Phi) is 7.76. The summed E-state index contributed by atoms with van der Waals surface area (Å²) in [6.07, 6.45) is 7.67. The molecule has 8 rings (SSSR count). The van der Waals surface area contributed by atoms with Crippen LogP contribution in [0.2, 0.25) is 0 Å². The van der Waals surface area contributed by atoms with Crippen molar-refractivity contribution in [3.63, 3.8) is 0 Å². The lowest BCUT2D eigenvalue weighted by atomic mass is 10.0. The van der Waals surface area contributed by atoms with Crippen molar-refractivity contribution in [2.24, 2.45) is 0 Å². The molecule has 7 aromatic rings. The third-order valence-electron chi connectivity index (χ3n) is 8.50. The zero-order valence-electron chi connectivity index (χ0n) is 25.6. The minimum Gasteiger partial charge on any atom is -0.492 e. The second-order valence-electron chi connectivity index (χ2n) is 11.7. The topological polar surface area (TPSA) is 105 Å². The number of H-pyrrole nitrogens is 2. The normalized spacial score (nSPS) is 13.5. The number of aromatic nitrogens is 6. The summed E-state index contributed by atoms with van der Waals surface area (Å²) >= 11 is 0. The van der Waals surface area contributed by atoms with Crippen molar-refractivity contribution in [2.45, 2.75) is 19.4 Å². The van der Waals surface area contributed by atoms with Gasteiger partial charge in [-0.2, -0.15) is 5.10 Å². The molecule has 0 saturated carbocycles. The quantitative estimate of drug-likeness (QED) is 0.163. The zero-order chi connectivity index (χ0) is 31.6. The van der Waals surface area contributed by atoms with Gasteiger partial charge in [0.25, 0.3) is 0 Å². The minimum atomic E-state index is -0.386. The number of nitrogens with one attached hydrogen (secondary N) is 2. The number of ether oxygens (including phenoxy) is 2. The van der Waals surface area contributed by atoms with Crippen LogP contribution in [0.1, 0.15) is 18.4 Å². The van der Waals surface area contributed by atoms with E-state index in [-0.39, 0.29) is 5.82 Å². The van der Waals surface area contributed by atoms with Crippen molar-refractivity contribution >= 4 is 21.9 Å². The van der Waals surface area contributed by atoms with Crippen molar-refractivity contribution in [1.29, 1.82) is 0 Å². The zero-order valence-corrected chi connectivity index (χ0v) is 25.6. The Labute approximate surface area is 270 Å². The molecule has 0 aliphatic carbocycles. The molecule has 0 radical (unpaired) electrons. The minimum absolute atomic E-state index is 0.386. The van der Waals surface area contributed by atoms with E-state index in [2.05, 4.69) is 36.1 Å². The Balaban J connectivity index is 1.08. The maximum absolute atomic E-state index is 14.8. The van der Waals surface area contributed by atoms with Crippen LogP contribution in [0.4, 0.5) is 4.39 Å². The average molecular weight is 626 g/mol. The van der Waals surface area contributed by atoms with Gasteiger partial charge in [-0.25, -0.2) is 9.37 Å². The molecule has 0 amide bonds. The summed E-state index contributed by atoms with van der Waals surface area (Å²) in [5.41, 5.74) is 7.06. The van der Waals surface area contributed by atoms with Crippen molar-refractivity contribution < 1.29 is 13.9 Å². The molecule has 0 spiro atoms. The molecule has 0 bridgehead atoms. The number of nitrogens with zero attached hydrogens (tertiary/aromatic N) is 5. The lowest BCUT2D eigenvalue weighted by Crippen LogP contribution is -2.25. The Hall–Kier alpha value is -5.61. The monoisotopic (exact) mass is 625 g/mol. The Bertz CT molecular complexity index is 2170. The second kappa shape index (κ2) is 12.6. The molecule has 1 saturated heterocycles. The van der Waals surface area contributed by atoms with Crippen LogP contribution in [-0.4, -0.2) is 61.3 Å². The maximum atomic E-state index is 14.8. The number of aromatic amines is 2. The number of likely N-dealkylation sites (tertiary alicyclic amines) is 1. The Morgan fingerprint density at radius 2 is 1.66 bits per heavy atom. The van der Waals surface area contributed by atoms with Gasteiger partial charge in [-0.05, 0) is 73.5 Å². The largest absolute Gasteiger partial charge is 0.492 e. The van der Waals surface area contributed by atoms with Crippen LogP contribution in [-0.2, 0) is 6.61 Å². The fourth-order valence-corrected chi connectivity index (χ4v) is 6.11. The van der Waals surface area contributed by atoms with Gasteiger partial charge in [-0.15, -0.1) is 0 Å². The first-order valence-corrected chi connectivity index (χ1v) is 15.8. The molecule has 3 aromatic carbocycles. The van der Waals surface area contributed by atoms with E-state index in [1.54, 1.807) is 12.4 Å². The molecule has 10 heteroatoms.